The summed E-state index contributed by atoms with van der Waals surface area (Å²) in [6.07, 6.45) is 5.09. The third-order valence-electron chi connectivity index (χ3n) is 1.59. The molecule has 4 nitrogen and oxygen atoms in total. The lowest BCUT2D eigenvalue weighted by Gasteiger charge is -1.87. The van der Waals surface area contributed by atoms with Crippen molar-refractivity contribution in [3.63, 3.8) is 0 Å². The molecule has 0 amide bonds. The molecule has 2 heterocycles. The van der Waals surface area contributed by atoms with Gasteiger partial charge in [-0.25, -0.2) is 4.98 Å². The van der Waals surface area contributed by atoms with E-state index in [-0.39, 0.29) is 5.78 Å². The summed E-state index contributed by atoms with van der Waals surface area (Å²) in [5, 5.41) is 0. The Morgan fingerprint density at radius 2 is 2.55 bits per heavy atom. The van der Waals surface area contributed by atoms with Gasteiger partial charge in [-0.2, -0.15) is 0 Å². The topological polar surface area (TPSA) is 50.2 Å². The Balaban J connectivity index is 2.78. The summed E-state index contributed by atoms with van der Waals surface area (Å²) < 4.78 is 1.72. The van der Waals surface area contributed by atoms with Crippen molar-refractivity contribution in [2.24, 2.45) is 0 Å². The van der Waals surface area contributed by atoms with Gasteiger partial charge >= 0.3 is 0 Å². The fraction of sp³-hybridized carbons (Fsp3) is 0.143. The smallest absolute Gasteiger partial charge is 0.211 e. The van der Waals surface area contributed by atoms with Crippen molar-refractivity contribution in [2.75, 3.05) is 0 Å². The highest BCUT2D eigenvalue weighted by atomic mass is 16.1. The molecule has 0 saturated carbocycles. The third kappa shape index (κ3) is 0.756. The van der Waals surface area contributed by atoms with Crippen LogP contribution in [0.4, 0.5) is 0 Å². The fourth-order valence-corrected chi connectivity index (χ4v) is 1.07. The SMILES string of the molecule is CC(=O)c1cnc2[nH]ccn12. The molecule has 56 valence electrons. The summed E-state index contributed by atoms with van der Waals surface area (Å²) in [7, 11) is 0. The summed E-state index contributed by atoms with van der Waals surface area (Å²) in [5.74, 6) is 0.729. The number of fused-ring (bicyclic) bond motifs is 1. The van der Waals surface area contributed by atoms with Gasteiger partial charge in [-0.15, -0.1) is 0 Å². The molecule has 0 aliphatic carbocycles. The van der Waals surface area contributed by atoms with E-state index >= 15 is 0 Å². The Labute approximate surface area is 62.9 Å². The lowest BCUT2D eigenvalue weighted by atomic mass is 10.3. The molecule has 0 aliphatic rings. The minimum absolute atomic E-state index is 0.0251. The number of hydrogen-bond acceptors (Lipinski definition) is 2. The normalized spacial score (nSPS) is 10.6. The van der Waals surface area contributed by atoms with Gasteiger partial charge in [0.05, 0.1) is 6.20 Å². The molecule has 0 aromatic carbocycles. The van der Waals surface area contributed by atoms with Crippen molar-refractivity contribution in [3.8, 4) is 0 Å². The first kappa shape index (κ1) is 6.15. The predicted octanol–water partition coefficient (Wildman–Crippen LogP) is 0.865. The van der Waals surface area contributed by atoms with Crippen molar-refractivity contribution in [1.82, 2.24) is 14.4 Å². The van der Waals surface area contributed by atoms with E-state index in [1.807, 2.05) is 0 Å². The van der Waals surface area contributed by atoms with Crippen LogP contribution in [0.2, 0.25) is 0 Å². The zero-order valence-corrected chi connectivity index (χ0v) is 6.03. The van der Waals surface area contributed by atoms with Gasteiger partial charge in [0.25, 0.3) is 0 Å². The van der Waals surface area contributed by atoms with E-state index in [1.165, 1.54) is 6.92 Å². The second-order valence-corrected chi connectivity index (χ2v) is 2.35. The Morgan fingerprint density at radius 1 is 1.73 bits per heavy atom. The van der Waals surface area contributed by atoms with Crippen molar-refractivity contribution < 1.29 is 4.79 Å². The highest BCUT2D eigenvalue weighted by Crippen LogP contribution is 2.03. The van der Waals surface area contributed by atoms with Gasteiger partial charge in [-0.3, -0.25) is 9.20 Å². The second kappa shape index (κ2) is 1.95. The largest absolute Gasteiger partial charge is 0.330 e. The van der Waals surface area contributed by atoms with Gasteiger partial charge in [-0.1, -0.05) is 0 Å². The van der Waals surface area contributed by atoms with Crippen LogP contribution in [0.25, 0.3) is 5.78 Å². The average molecular weight is 149 g/mol. The van der Waals surface area contributed by atoms with Gasteiger partial charge in [0.15, 0.2) is 5.78 Å². The van der Waals surface area contributed by atoms with Gasteiger partial charge in [0, 0.05) is 19.3 Å². The molecule has 0 unspecified atom stereocenters. The van der Waals surface area contributed by atoms with Crippen LogP contribution in [0.1, 0.15) is 17.4 Å². The Kier molecular flexibility index (Phi) is 1.09. The molecule has 2 aromatic rings. The van der Waals surface area contributed by atoms with Crippen LogP contribution in [0.5, 0.6) is 0 Å². The third-order valence-corrected chi connectivity index (χ3v) is 1.59. The summed E-state index contributed by atoms with van der Waals surface area (Å²) in [6.45, 7) is 1.52. The standard InChI is InChI=1S/C7H7N3O/c1-5(11)6-4-9-7-8-2-3-10(6)7/h2-4H,1H3,(H,8,9). The zero-order chi connectivity index (χ0) is 7.84. The molecule has 2 aromatic heterocycles. The summed E-state index contributed by atoms with van der Waals surface area (Å²) in [4.78, 5) is 17.8. The number of imidazole rings is 2. The van der Waals surface area contributed by atoms with Crippen LogP contribution in [0, 0.1) is 0 Å². The van der Waals surface area contributed by atoms with E-state index in [1.54, 1.807) is 23.0 Å². The number of nitrogens with zero attached hydrogens (tertiary/aromatic N) is 2. The van der Waals surface area contributed by atoms with Crippen molar-refractivity contribution in [2.45, 2.75) is 6.92 Å². The maximum atomic E-state index is 10.9. The van der Waals surface area contributed by atoms with Crippen molar-refractivity contribution in [3.05, 3.63) is 24.3 Å². The van der Waals surface area contributed by atoms with Crippen LogP contribution in [0.3, 0.4) is 0 Å². The van der Waals surface area contributed by atoms with Crippen LogP contribution < -0.4 is 0 Å². The van der Waals surface area contributed by atoms with Crippen LogP contribution in [0.15, 0.2) is 18.6 Å². The quantitative estimate of drug-likeness (QED) is 0.611. The molecule has 0 fully saturated rings. The lowest BCUT2D eigenvalue weighted by molar-refractivity contribution is 0.101. The minimum atomic E-state index is 0.0251. The first-order valence-electron chi connectivity index (χ1n) is 3.30. The van der Waals surface area contributed by atoms with Crippen molar-refractivity contribution in [1.29, 1.82) is 0 Å². The molecule has 0 bridgehead atoms. The summed E-state index contributed by atoms with van der Waals surface area (Å²) in [6, 6.07) is 0. The van der Waals surface area contributed by atoms with E-state index in [9.17, 15) is 4.79 Å². The molecule has 1 N–H and O–H groups in total. The number of aromatic nitrogens is 3. The summed E-state index contributed by atoms with van der Waals surface area (Å²) in [5.41, 5.74) is 0.612. The average Bonchev–Trinajstić information content (AvgIpc) is 2.41. The Hall–Kier alpha value is -1.58. The molecule has 11 heavy (non-hydrogen) atoms. The van der Waals surface area contributed by atoms with E-state index in [0.717, 1.165) is 0 Å². The highest BCUT2D eigenvalue weighted by molar-refractivity contribution is 5.92. The van der Waals surface area contributed by atoms with Crippen LogP contribution >= 0.6 is 0 Å². The molecule has 0 saturated heterocycles. The fourth-order valence-electron chi connectivity index (χ4n) is 1.07. The lowest BCUT2D eigenvalue weighted by Crippen LogP contribution is -1.95. The highest BCUT2D eigenvalue weighted by Gasteiger charge is 2.06. The molecule has 0 atom stereocenters. The second-order valence-electron chi connectivity index (χ2n) is 2.35. The minimum Gasteiger partial charge on any atom is -0.330 e. The molecule has 2 rings (SSSR count). The molecular formula is C7H7N3O. The number of carbonyl (C=O) groups excluding carboxylic acids is 1. The van der Waals surface area contributed by atoms with E-state index in [0.29, 0.717) is 11.5 Å². The maximum Gasteiger partial charge on any atom is 0.211 e. The summed E-state index contributed by atoms with van der Waals surface area (Å²) >= 11 is 0. The van der Waals surface area contributed by atoms with E-state index in [4.69, 9.17) is 0 Å². The predicted molar refractivity (Wildman–Crippen MR) is 39.5 cm³/mol. The number of H-pyrrole nitrogens is 1. The first-order chi connectivity index (χ1) is 5.29. The zero-order valence-electron chi connectivity index (χ0n) is 6.03. The molecule has 0 radical (unpaired) electrons. The number of nitrogens with one attached hydrogen (secondary N) is 1. The van der Waals surface area contributed by atoms with E-state index in [2.05, 4.69) is 9.97 Å². The Morgan fingerprint density at radius 3 is 3.27 bits per heavy atom. The van der Waals surface area contributed by atoms with Gasteiger partial charge in [0.2, 0.25) is 5.78 Å². The van der Waals surface area contributed by atoms with Gasteiger partial charge < -0.3 is 4.98 Å². The monoisotopic (exact) mass is 149 g/mol. The Bertz CT molecular complexity index is 398. The van der Waals surface area contributed by atoms with Crippen LogP contribution in [-0.2, 0) is 0 Å². The molecular weight excluding hydrogens is 142 g/mol. The van der Waals surface area contributed by atoms with Gasteiger partial charge in [-0.05, 0) is 0 Å². The maximum absolute atomic E-state index is 10.9. The van der Waals surface area contributed by atoms with Gasteiger partial charge in [0.1, 0.15) is 5.69 Å². The number of ketones is 1. The first-order valence-corrected chi connectivity index (χ1v) is 3.30. The number of rotatable bonds is 1. The van der Waals surface area contributed by atoms with Crippen LogP contribution in [-0.4, -0.2) is 20.2 Å². The molecule has 4 heteroatoms. The van der Waals surface area contributed by atoms with Crippen molar-refractivity contribution >= 4 is 11.6 Å². The number of aromatic amines is 1. The van der Waals surface area contributed by atoms with E-state index < -0.39 is 0 Å². The molecule has 0 spiro atoms. The number of Topliss-reactive ketones (excluding diaryl/α,β-unsaturated/α-hetero) is 1. The molecule has 0 aliphatic heterocycles. The number of carbonyl (C=O) groups is 1. The number of hydrogen-bond donors (Lipinski definition) is 1.